The number of aromatic nitrogens is 2. The molecule has 0 saturated carbocycles. The maximum Gasteiger partial charge on any atom is 0.139 e. The van der Waals surface area contributed by atoms with Gasteiger partial charge in [-0.15, -0.1) is 0 Å². The molecule has 2 heterocycles. The Bertz CT molecular complexity index is 1050. The van der Waals surface area contributed by atoms with Gasteiger partial charge in [0.1, 0.15) is 11.4 Å². The van der Waals surface area contributed by atoms with Crippen LogP contribution in [-0.2, 0) is 13.0 Å². The summed E-state index contributed by atoms with van der Waals surface area (Å²) in [6, 6.07) is 21.1. The average molecular weight is 371 g/mol. The molecule has 2 aromatic heterocycles. The number of rotatable bonds is 7. The van der Waals surface area contributed by atoms with Gasteiger partial charge in [0.2, 0.25) is 0 Å². The summed E-state index contributed by atoms with van der Waals surface area (Å²) in [6.07, 6.45) is 5.05. The van der Waals surface area contributed by atoms with Crippen LogP contribution in [0.5, 0.6) is 5.75 Å². The molecule has 0 aliphatic carbocycles. The van der Waals surface area contributed by atoms with Crippen LogP contribution in [0.4, 0.5) is 5.69 Å². The second-order valence-corrected chi connectivity index (χ2v) is 6.77. The molecule has 0 unspecified atom stereocenters. The van der Waals surface area contributed by atoms with Gasteiger partial charge in [-0.25, -0.2) is 4.98 Å². The first-order chi connectivity index (χ1) is 13.8. The lowest BCUT2D eigenvalue weighted by Gasteiger charge is -2.09. The number of hydrogen-bond donors (Lipinski definition) is 1. The topological polar surface area (TPSA) is 38.6 Å². The number of anilines is 1. The molecule has 28 heavy (non-hydrogen) atoms. The fourth-order valence-electron chi connectivity index (χ4n) is 3.29. The first-order valence-corrected chi connectivity index (χ1v) is 9.79. The first-order valence-electron chi connectivity index (χ1n) is 9.79. The van der Waals surface area contributed by atoms with Crippen LogP contribution in [0.25, 0.3) is 16.9 Å². The van der Waals surface area contributed by atoms with Crippen molar-refractivity contribution in [2.24, 2.45) is 0 Å². The SMILES string of the molecule is CCOc1ccc(-c2cnc3cc(NCc4ccc(CC)cc4)ccn23)cc1. The third-order valence-electron chi connectivity index (χ3n) is 4.90. The minimum Gasteiger partial charge on any atom is -0.494 e. The highest BCUT2D eigenvalue weighted by molar-refractivity contribution is 5.66. The lowest BCUT2D eigenvalue weighted by atomic mass is 10.1. The number of benzene rings is 2. The van der Waals surface area contributed by atoms with Gasteiger partial charge >= 0.3 is 0 Å². The molecular formula is C24H25N3O. The molecule has 2 aromatic carbocycles. The quantitative estimate of drug-likeness (QED) is 0.461. The van der Waals surface area contributed by atoms with E-state index in [1.165, 1.54) is 11.1 Å². The molecule has 0 bridgehead atoms. The van der Waals surface area contributed by atoms with E-state index in [2.05, 4.69) is 76.4 Å². The molecule has 0 atom stereocenters. The van der Waals surface area contributed by atoms with Gasteiger partial charge in [-0.2, -0.15) is 0 Å². The van der Waals surface area contributed by atoms with Gasteiger partial charge < -0.3 is 10.1 Å². The van der Waals surface area contributed by atoms with Gasteiger partial charge in [0.25, 0.3) is 0 Å². The van der Waals surface area contributed by atoms with Crippen LogP contribution < -0.4 is 10.1 Å². The maximum atomic E-state index is 5.53. The van der Waals surface area contributed by atoms with Gasteiger partial charge in [0.05, 0.1) is 18.5 Å². The van der Waals surface area contributed by atoms with Crippen molar-refractivity contribution in [2.75, 3.05) is 11.9 Å². The van der Waals surface area contributed by atoms with E-state index in [9.17, 15) is 0 Å². The Kier molecular flexibility index (Phi) is 5.29. The summed E-state index contributed by atoms with van der Waals surface area (Å²) >= 11 is 0. The Hall–Kier alpha value is -3.27. The number of imidazole rings is 1. The number of nitrogens with zero attached hydrogens (tertiary/aromatic N) is 2. The molecule has 4 aromatic rings. The van der Waals surface area contributed by atoms with E-state index in [4.69, 9.17) is 4.74 Å². The van der Waals surface area contributed by atoms with E-state index in [0.717, 1.165) is 41.3 Å². The molecule has 0 aliphatic heterocycles. The number of nitrogens with one attached hydrogen (secondary N) is 1. The van der Waals surface area contributed by atoms with Crippen molar-refractivity contribution in [1.82, 2.24) is 9.38 Å². The fourth-order valence-corrected chi connectivity index (χ4v) is 3.29. The normalized spacial score (nSPS) is 10.9. The molecule has 0 fully saturated rings. The lowest BCUT2D eigenvalue weighted by molar-refractivity contribution is 0.340. The highest BCUT2D eigenvalue weighted by atomic mass is 16.5. The largest absolute Gasteiger partial charge is 0.494 e. The van der Waals surface area contributed by atoms with Gasteiger partial charge in [-0.05, 0) is 54.8 Å². The summed E-state index contributed by atoms with van der Waals surface area (Å²) in [5, 5.41) is 3.49. The Morgan fingerprint density at radius 3 is 2.39 bits per heavy atom. The van der Waals surface area contributed by atoms with Crippen LogP contribution in [0.2, 0.25) is 0 Å². The number of aryl methyl sites for hydroxylation is 1. The summed E-state index contributed by atoms with van der Waals surface area (Å²) in [4.78, 5) is 4.58. The summed E-state index contributed by atoms with van der Waals surface area (Å²) in [5.74, 6) is 0.888. The summed E-state index contributed by atoms with van der Waals surface area (Å²) in [7, 11) is 0. The Morgan fingerprint density at radius 1 is 0.929 bits per heavy atom. The molecule has 4 nitrogen and oxygen atoms in total. The predicted octanol–water partition coefficient (Wildman–Crippen LogP) is 5.57. The van der Waals surface area contributed by atoms with E-state index < -0.39 is 0 Å². The van der Waals surface area contributed by atoms with Crippen molar-refractivity contribution in [2.45, 2.75) is 26.8 Å². The molecule has 0 aliphatic rings. The average Bonchev–Trinajstić information content (AvgIpc) is 3.17. The number of fused-ring (bicyclic) bond motifs is 1. The fraction of sp³-hybridized carbons (Fsp3) is 0.208. The zero-order chi connectivity index (χ0) is 19.3. The number of pyridine rings is 1. The Labute approximate surface area is 165 Å². The summed E-state index contributed by atoms with van der Waals surface area (Å²) in [5.41, 5.74) is 6.82. The van der Waals surface area contributed by atoms with Crippen LogP contribution in [0.3, 0.4) is 0 Å². The van der Waals surface area contributed by atoms with Crippen molar-refractivity contribution >= 4 is 11.3 Å². The van der Waals surface area contributed by atoms with Crippen molar-refractivity contribution in [3.8, 4) is 17.0 Å². The van der Waals surface area contributed by atoms with Crippen LogP contribution >= 0.6 is 0 Å². The molecule has 142 valence electrons. The standard InChI is InChI=1S/C24H25N3O/c1-3-18-5-7-19(8-6-18)16-25-21-13-14-27-23(17-26-24(27)15-21)20-9-11-22(12-10-20)28-4-2/h5-15,17,25H,3-4,16H2,1-2H3. The summed E-state index contributed by atoms with van der Waals surface area (Å²) in [6.45, 7) is 5.64. The second kappa shape index (κ2) is 8.17. The Balaban J connectivity index is 1.50. The van der Waals surface area contributed by atoms with E-state index >= 15 is 0 Å². The van der Waals surface area contributed by atoms with Crippen LogP contribution in [-0.4, -0.2) is 16.0 Å². The molecule has 0 spiro atoms. The molecule has 1 N–H and O–H groups in total. The molecular weight excluding hydrogens is 346 g/mol. The van der Waals surface area contributed by atoms with Gasteiger partial charge in [-0.1, -0.05) is 31.2 Å². The second-order valence-electron chi connectivity index (χ2n) is 6.77. The first kappa shape index (κ1) is 18.1. The highest BCUT2D eigenvalue weighted by Gasteiger charge is 2.07. The molecule has 4 heteroatoms. The molecule has 0 amide bonds. The lowest BCUT2D eigenvalue weighted by Crippen LogP contribution is -2.00. The van der Waals surface area contributed by atoms with Crippen LogP contribution in [0, 0.1) is 0 Å². The van der Waals surface area contributed by atoms with E-state index in [1.54, 1.807) is 0 Å². The van der Waals surface area contributed by atoms with E-state index in [-0.39, 0.29) is 0 Å². The van der Waals surface area contributed by atoms with Crippen molar-refractivity contribution < 1.29 is 4.74 Å². The Morgan fingerprint density at radius 2 is 1.68 bits per heavy atom. The van der Waals surface area contributed by atoms with Gasteiger partial charge in [0.15, 0.2) is 0 Å². The van der Waals surface area contributed by atoms with Gasteiger partial charge in [-0.3, -0.25) is 4.40 Å². The van der Waals surface area contributed by atoms with E-state index in [1.807, 2.05) is 25.3 Å². The molecule has 0 radical (unpaired) electrons. The number of ether oxygens (including phenoxy) is 1. The highest BCUT2D eigenvalue weighted by Crippen LogP contribution is 2.25. The van der Waals surface area contributed by atoms with Gasteiger partial charge in [0, 0.05) is 30.1 Å². The maximum absolute atomic E-state index is 5.53. The third-order valence-corrected chi connectivity index (χ3v) is 4.90. The third kappa shape index (κ3) is 3.86. The predicted molar refractivity (Wildman–Crippen MR) is 115 cm³/mol. The van der Waals surface area contributed by atoms with Crippen molar-refractivity contribution in [3.63, 3.8) is 0 Å². The smallest absolute Gasteiger partial charge is 0.139 e. The minimum atomic E-state index is 0.674. The van der Waals surface area contributed by atoms with Crippen molar-refractivity contribution in [1.29, 1.82) is 0 Å². The zero-order valence-corrected chi connectivity index (χ0v) is 16.4. The number of hydrogen-bond acceptors (Lipinski definition) is 3. The molecule has 0 saturated heterocycles. The zero-order valence-electron chi connectivity index (χ0n) is 16.4. The van der Waals surface area contributed by atoms with Crippen LogP contribution in [0.15, 0.2) is 73.1 Å². The molecule has 4 rings (SSSR count). The van der Waals surface area contributed by atoms with Crippen molar-refractivity contribution in [3.05, 3.63) is 84.2 Å². The monoisotopic (exact) mass is 371 g/mol. The summed E-state index contributed by atoms with van der Waals surface area (Å²) < 4.78 is 7.63. The van der Waals surface area contributed by atoms with E-state index in [0.29, 0.717) is 6.61 Å². The van der Waals surface area contributed by atoms with Crippen LogP contribution in [0.1, 0.15) is 25.0 Å². The minimum absolute atomic E-state index is 0.674.